The van der Waals surface area contributed by atoms with Crippen molar-refractivity contribution in [2.75, 3.05) is 0 Å². The average molecular weight is 300 g/mol. The van der Waals surface area contributed by atoms with Crippen molar-refractivity contribution in [2.24, 2.45) is 0 Å². The lowest BCUT2D eigenvalue weighted by Crippen LogP contribution is -2.15. The van der Waals surface area contributed by atoms with Crippen LogP contribution in [0.5, 0.6) is 0 Å². The second-order valence-corrected chi connectivity index (χ2v) is 6.63. The van der Waals surface area contributed by atoms with Crippen LogP contribution in [0.25, 0.3) is 11.1 Å². The van der Waals surface area contributed by atoms with Crippen molar-refractivity contribution in [1.82, 2.24) is 5.32 Å². The Morgan fingerprint density at radius 2 is 1.67 bits per heavy atom. The Labute approximate surface area is 132 Å². The molecule has 21 heavy (non-hydrogen) atoms. The van der Waals surface area contributed by atoms with E-state index in [1.165, 1.54) is 40.7 Å². The van der Waals surface area contributed by atoms with Crippen LogP contribution in [0, 0.1) is 20.8 Å². The van der Waals surface area contributed by atoms with Gasteiger partial charge in [-0.05, 0) is 85.2 Å². The summed E-state index contributed by atoms with van der Waals surface area (Å²) in [6.45, 7) is 7.34. The van der Waals surface area contributed by atoms with Crippen molar-refractivity contribution in [1.29, 1.82) is 0 Å². The molecule has 0 heterocycles. The van der Waals surface area contributed by atoms with E-state index >= 15 is 0 Å². The number of halogens is 1. The van der Waals surface area contributed by atoms with Crippen molar-refractivity contribution in [2.45, 2.75) is 46.2 Å². The molecule has 0 aromatic heterocycles. The van der Waals surface area contributed by atoms with E-state index in [0.29, 0.717) is 0 Å². The summed E-state index contributed by atoms with van der Waals surface area (Å²) in [6.07, 6.45) is 2.66. The van der Waals surface area contributed by atoms with Gasteiger partial charge in [0.1, 0.15) is 0 Å². The maximum Gasteiger partial charge on any atom is 0.0438 e. The molecule has 2 aromatic carbocycles. The predicted octanol–water partition coefficient (Wildman–Crippen LogP) is 5.18. The average Bonchev–Trinajstić information content (AvgIpc) is 3.26. The van der Waals surface area contributed by atoms with E-state index in [-0.39, 0.29) is 0 Å². The van der Waals surface area contributed by atoms with Gasteiger partial charge in [0, 0.05) is 17.6 Å². The molecule has 0 atom stereocenters. The first-order valence-corrected chi connectivity index (χ1v) is 8.02. The molecule has 1 aliphatic carbocycles. The van der Waals surface area contributed by atoms with Gasteiger partial charge in [-0.25, -0.2) is 0 Å². The standard InChI is InChI=1S/C19H22ClN/c1-12-4-5-15(11-21-16-6-7-16)10-18(12)17-8-14(3)19(20)9-13(17)2/h4-5,8-10,16,21H,6-7,11H2,1-3H3. The summed E-state index contributed by atoms with van der Waals surface area (Å²) in [5, 5.41) is 4.43. The SMILES string of the molecule is Cc1cc(-c2cc(CNC3CC3)ccc2C)c(C)cc1Cl. The van der Waals surface area contributed by atoms with Crippen LogP contribution in [0.2, 0.25) is 5.02 Å². The van der Waals surface area contributed by atoms with Gasteiger partial charge in [0.25, 0.3) is 0 Å². The Balaban J connectivity index is 1.96. The Morgan fingerprint density at radius 1 is 0.952 bits per heavy atom. The summed E-state index contributed by atoms with van der Waals surface area (Å²) in [4.78, 5) is 0. The summed E-state index contributed by atoms with van der Waals surface area (Å²) in [5.74, 6) is 0. The molecule has 2 aromatic rings. The molecule has 0 bridgehead atoms. The maximum absolute atomic E-state index is 6.23. The molecule has 1 fully saturated rings. The van der Waals surface area contributed by atoms with Gasteiger partial charge < -0.3 is 5.32 Å². The molecule has 0 radical (unpaired) electrons. The molecule has 1 aliphatic rings. The van der Waals surface area contributed by atoms with Crippen molar-refractivity contribution in [3.05, 3.63) is 57.6 Å². The van der Waals surface area contributed by atoms with Crippen LogP contribution in [0.15, 0.2) is 30.3 Å². The fraction of sp³-hybridized carbons (Fsp3) is 0.368. The number of benzene rings is 2. The minimum Gasteiger partial charge on any atom is -0.310 e. The van der Waals surface area contributed by atoms with Crippen LogP contribution >= 0.6 is 11.6 Å². The molecule has 2 heteroatoms. The van der Waals surface area contributed by atoms with Crippen molar-refractivity contribution >= 4 is 11.6 Å². The summed E-state index contributed by atoms with van der Waals surface area (Å²) >= 11 is 6.23. The third-order valence-corrected chi connectivity index (χ3v) is 4.68. The van der Waals surface area contributed by atoms with E-state index in [1.807, 2.05) is 0 Å². The lowest BCUT2D eigenvalue weighted by Gasteiger charge is -2.14. The lowest BCUT2D eigenvalue weighted by atomic mass is 9.93. The molecule has 1 nitrogen and oxygen atoms in total. The normalized spacial score (nSPS) is 14.5. The first-order chi connectivity index (χ1) is 10.0. The molecule has 0 saturated heterocycles. The maximum atomic E-state index is 6.23. The van der Waals surface area contributed by atoms with Crippen LogP contribution in [0.4, 0.5) is 0 Å². The summed E-state index contributed by atoms with van der Waals surface area (Å²) in [6, 6.07) is 11.8. The number of hydrogen-bond acceptors (Lipinski definition) is 1. The topological polar surface area (TPSA) is 12.0 Å². The Morgan fingerprint density at radius 3 is 2.38 bits per heavy atom. The zero-order valence-electron chi connectivity index (χ0n) is 13.0. The van der Waals surface area contributed by atoms with E-state index < -0.39 is 0 Å². The molecule has 0 aliphatic heterocycles. The second kappa shape index (κ2) is 5.82. The largest absolute Gasteiger partial charge is 0.310 e. The smallest absolute Gasteiger partial charge is 0.0438 e. The van der Waals surface area contributed by atoms with Crippen LogP contribution in [0.3, 0.4) is 0 Å². The van der Waals surface area contributed by atoms with Crippen LogP contribution < -0.4 is 5.32 Å². The highest BCUT2D eigenvalue weighted by molar-refractivity contribution is 6.31. The van der Waals surface area contributed by atoms with Gasteiger partial charge in [-0.1, -0.05) is 23.7 Å². The molecule has 0 unspecified atom stereocenters. The Kier molecular flexibility index (Phi) is 4.05. The molecular weight excluding hydrogens is 278 g/mol. The summed E-state index contributed by atoms with van der Waals surface area (Å²) in [7, 11) is 0. The Bertz CT molecular complexity index is 672. The van der Waals surface area contributed by atoms with Crippen LogP contribution in [-0.4, -0.2) is 6.04 Å². The van der Waals surface area contributed by atoms with E-state index in [1.54, 1.807) is 0 Å². The van der Waals surface area contributed by atoms with Crippen molar-refractivity contribution < 1.29 is 0 Å². The molecule has 110 valence electrons. The minimum absolute atomic E-state index is 0.745. The highest BCUT2D eigenvalue weighted by Gasteiger charge is 2.20. The third kappa shape index (κ3) is 3.30. The number of rotatable bonds is 4. The van der Waals surface area contributed by atoms with E-state index in [4.69, 9.17) is 11.6 Å². The van der Waals surface area contributed by atoms with Gasteiger partial charge >= 0.3 is 0 Å². The van der Waals surface area contributed by atoms with E-state index in [2.05, 4.69) is 56.4 Å². The van der Waals surface area contributed by atoms with Crippen LogP contribution in [-0.2, 0) is 6.54 Å². The zero-order valence-corrected chi connectivity index (χ0v) is 13.7. The number of aryl methyl sites for hydroxylation is 3. The van der Waals surface area contributed by atoms with Crippen molar-refractivity contribution in [3.63, 3.8) is 0 Å². The Hall–Kier alpha value is -1.31. The van der Waals surface area contributed by atoms with Gasteiger partial charge in [-0.15, -0.1) is 0 Å². The first kappa shape index (κ1) is 14.6. The monoisotopic (exact) mass is 299 g/mol. The van der Waals surface area contributed by atoms with Gasteiger partial charge in [-0.2, -0.15) is 0 Å². The van der Waals surface area contributed by atoms with Gasteiger partial charge in [-0.3, -0.25) is 0 Å². The highest BCUT2D eigenvalue weighted by Crippen LogP contribution is 2.31. The van der Waals surface area contributed by atoms with Crippen LogP contribution in [0.1, 0.15) is 35.1 Å². The minimum atomic E-state index is 0.745. The molecule has 1 saturated carbocycles. The van der Waals surface area contributed by atoms with Gasteiger partial charge in [0.05, 0.1) is 0 Å². The fourth-order valence-electron chi connectivity index (χ4n) is 2.69. The highest BCUT2D eigenvalue weighted by atomic mass is 35.5. The number of hydrogen-bond donors (Lipinski definition) is 1. The quantitative estimate of drug-likeness (QED) is 0.820. The van der Waals surface area contributed by atoms with E-state index in [0.717, 1.165) is 23.2 Å². The molecular formula is C19H22ClN. The zero-order chi connectivity index (χ0) is 15.0. The van der Waals surface area contributed by atoms with Crippen molar-refractivity contribution in [3.8, 4) is 11.1 Å². The molecule has 0 amide bonds. The summed E-state index contributed by atoms with van der Waals surface area (Å²) < 4.78 is 0. The molecule has 3 rings (SSSR count). The first-order valence-electron chi connectivity index (χ1n) is 7.64. The lowest BCUT2D eigenvalue weighted by molar-refractivity contribution is 0.688. The van der Waals surface area contributed by atoms with Gasteiger partial charge in [0.15, 0.2) is 0 Å². The van der Waals surface area contributed by atoms with E-state index in [9.17, 15) is 0 Å². The predicted molar refractivity (Wildman–Crippen MR) is 91.0 cm³/mol. The summed E-state index contributed by atoms with van der Waals surface area (Å²) in [5.41, 5.74) is 7.66. The second-order valence-electron chi connectivity index (χ2n) is 6.22. The fourth-order valence-corrected chi connectivity index (χ4v) is 2.91. The number of nitrogens with one attached hydrogen (secondary N) is 1. The molecule has 1 N–H and O–H groups in total. The van der Waals surface area contributed by atoms with Gasteiger partial charge in [0.2, 0.25) is 0 Å². The third-order valence-electron chi connectivity index (χ3n) is 4.27. The molecule has 0 spiro atoms.